The van der Waals surface area contributed by atoms with Gasteiger partial charge in [0.05, 0.1) is 0 Å². The van der Waals surface area contributed by atoms with Crippen molar-refractivity contribution in [2.45, 2.75) is 0 Å². The third kappa shape index (κ3) is 3.68. The Labute approximate surface area is 130 Å². The van der Waals surface area contributed by atoms with E-state index in [0.29, 0.717) is 5.69 Å². The van der Waals surface area contributed by atoms with Crippen molar-refractivity contribution in [1.29, 1.82) is 0 Å². The number of hydrogen-bond acceptors (Lipinski definition) is 4. The van der Waals surface area contributed by atoms with Gasteiger partial charge in [-0.15, -0.1) is 0 Å². The predicted molar refractivity (Wildman–Crippen MR) is 90.6 cm³/mol. The van der Waals surface area contributed by atoms with Crippen molar-refractivity contribution < 1.29 is 0 Å². The third-order valence-electron chi connectivity index (χ3n) is 4.06. The SMILES string of the molecule is O=c1[nH]cccc1NCCN1CCN(c2ccccc2)CC1. The first-order chi connectivity index (χ1) is 10.8. The van der Waals surface area contributed by atoms with Crippen molar-refractivity contribution in [3.8, 4) is 0 Å². The molecule has 0 unspecified atom stereocenters. The Hall–Kier alpha value is -2.27. The monoisotopic (exact) mass is 298 g/mol. The number of anilines is 2. The lowest BCUT2D eigenvalue weighted by molar-refractivity contribution is 0.267. The summed E-state index contributed by atoms with van der Waals surface area (Å²) in [5.41, 5.74) is 1.89. The van der Waals surface area contributed by atoms with Crippen LogP contribution >= 0.6 is 0 Å². The molecule has 3 rings (SSSR count). The lowest BCUT2D eigenvalue weighted by Crippen LogP contribution is -2.47. The van der Waals surface area contributed by atoms with Crippen molar-refractivity contribution in [3.63, 3.8) is 0 Å². The normalized spacial score (nSPS) is 15.7. The van der Waals surface area contributed by atoms with Crippen LogP contribution in [0.3, 0.4) is 0 Å². The molecule has 1 aliphatic rings. The Kier molecular flexibility index (Phi) is 4.75. The molecule has 2 heterocycles. The van der Waals surface area contributed by atoms with Crippen LogP contribution in [-0.2, 0) is 0 Å². The number of nitrogens with one attached hydrogen (secondary N) is 2. The lowest BCUT2D eigenvalue weighted by Gasteiger charge is -2.36. The summed E-state index contributed by atoms with van der Waals surface area (Å²) in [6.45, 7) is 5.96. The predicted octanol–water partition coefficient (Wildman–Crippen LogP) is 1.61. The molecule has 0 aliphatic carbocycles. The van der Waals surface area contributed by atoms with Crippen LogP contribution in [0.5, 0.6) is 0 Å². The molecule has 1 aromatic carbocycles. The van der Waals surface area contributed by atoms with Crippen LogP contribution in [0.25, 0.3) is 0 Å². The van der Waals surface area contributed by atoms with Crippen LogP contribution in [0.15, 0.2) is 53.5 Å². The van der Waals surface area contributed by atoms with Gasteiger partial charge >= 0.3 is 0 Å². The highest BCUT2D eigenvalue weighted by Crippen LogP contribution is 2.15. The van der Waals surface area contributed by atoms with Gasteiger partial charge in [-0.2, -0.15) is 0 Å². The molecule has 116 valence electrons. The maximum absolute atomic E-state index is 11.6. The Bertz CT molecular complexity index is 632. The molecular formula is C17H22N4O. The highest BCUT2D eigenvalue weighted by atomic mass is 16.1. The second-order valence-corrected chi connectivity index (χ2v) is 5.50. The smallest absolute Gasteiger partial charge is 0.271 e. The summed E-state index contributed by atoms with van der Waals surface area (Å²) in [6, 6.07) is 14.2. The van der Waals surface area contributed by atoms with Gasteiger partial charge in [-0.05, 0) is 24.3 Å². The van der Waals surface area contributed by atoms with Crippen LogP contribution in [0.1, 0.15) is 0 Å². The van der Waals surface area contributed by atoms with Crippen molar-refractivity contribution in [2.75, 3.05) is 49.5 Å². The van der Waals surface area contributed by atoms with E-state index in [9.17, 15) is 4.79 Å². The molecule has 2 aromatic rings. The van der Waals surface area contributed by atoms with E-state index < -0.39 is 0 Å². The van der Waals surface area contributed by atoms with Gasteiger partial charge in [0.25, 0.3) is 5.56 Å². The molecule has 0 atom stereocenters. The summed E-state index contributed by atoms with van der Waals surface area (Å²) >= 11 is 0. The molecule has 0 spiro atoms. The molecular weight excluding hydrogens is 276 g/mol. The summed E-state index contributed by atoms with van der Waals surface area (Å²) in [6.07, 6.45) is 1.65. The largest absolute Gasteiger partial charge is 0.379 e. The van der Waals surface area contributed by atoms with Crippen LogP contribution in [0.4, 0.5) is 11.4 Å². The minimum Gasteiger partial charge on any atom is -0.379 e. The second-order valence-electron chi connectivity index (χ2n) is 5.50. The van der Waals surface area contributed by atoms with Gasteiger partial charge in [-0.25, -0.2) is 0 Å². The first-order valence-corrected chi connectivity index (χ1v) is 7.77. The molecule has 0 bridgehead atoms. The molecule has 0 amide bonds. The first-order valence-electron chi connectivity index (χ1n) is 7.77. The number of H-pyrrole nitrogens is 1. The summed E-state index contributed by atoms with van der Waals surface area (Å²) in [7, 11) is 0. The number of aromatic nitrogens is 1. The fourth-order valence-electron chi connectivity index (χ4n) is 2.78. The van der Waals surface area contributed by atoms with E-state index in [1.54, 1.807) is 6.20 Å². The molecule has 0 radical (unpaired) electrons. The highest BCUT2D eigenvalue weighted by Gasteiger charge is 2.16. The number of para-hydroxylation sites is 1. The van der Waals surface area contributed by atoms with Crippen molar-refractivity contribution in [2.24, 2.45) is 0 Å². The standard InChI is InChI=1S/C17H22N4O/c22-17-16(7-4-8-19-17)18-9-10-20-11-13-21(14-12-20)15-5-2-1-3-6-15/h1-8,18H,9-14H2,(H,19,22). The summed E-state index contributed by atoms with van der Waals surface area (Å²) < 4.78 is 0. The Morgan fingerprint density at radius 1 is 1.00 bits per heavy atom. The van der Waals surface area contributed by atoms with Gasteiger partial charge in [0.15, 0.2) is 0 Å². The molecule has 1 aromatic heterocycles. The van der Waals surface area contributed by atoms with Gasteiger partial charge in [0, 0.05) is 51.2 Å². The average Bonchev–Trinajstić information content (AvgIpc) is 2.58. The number of benzene rings is 1. The van der Waals surface area contributed by atoms with Gasteiger partial charge in [-0.1, -0.05) is 18.2 Å². The van der Waals surface area contributed by atoms with E-state index in [1.165, 1.54) is 5.69 Å². The van der Waals surface area contributed by atoms with E-state index in [4.69, 9.17) is 0 Å². The minimum absolute atomic E-state index is 0.0589. The van der Waals surface area contributed by atoms with Gasteiger partial charge in [0.1, 0.15) is 5.69 Å². The quantitative estimate of drug-likeness (QED) is 0.880. The van der Waals surface area contributed by atoms with E-state index >= 15 is 0 Å². The molecule has 1 fully saturated rings. The highest BCUT2D eigenvalue weighted by molar-refractivity contribution is 5.46. The minimum atomic E-state index is -0.0589. The van der Waals surface area contributed by atoms with Gasteiger partial charge in [0.2, 0.25) is 0 Å². The Balaban J connectivity index is 1.43. The lowest BCUT2D eigenvalue weighted by atomic mass is 10.2. The molecule has 5 nitrogen and oxygen atoms in total. The van der Waals surface area contributed by atoms with E-state index in [2.05, 4.69) is 50.4 Å². The van der Waals surface area contributed by atoms with Crippen molar-refractivity contribution in [3.05, 3.63) is 59.0 Å². The number of nitrogens with zero attached hydrogens (tertiary/aromatic N) is 2. The average molecular weight is 298 g/mol. The number of rotatable bonds is 5. The van der Waals surface area contributed by atoms with E-state index in [0.717, 1.165) is 39.3 Å². The number of hydrogen-bond donors (Lipinski definition) is 2. The summed E-state index contributed by atoms with van der Waals surface area (Å²) in [5.74, 6) is 0. The molecule has 1 saturated heterocycles. The number of piperazine rings is 1. The molecule has 2 N–H and O–H groups in total. The number of aromatic amines is 1. The molecule has 1 aliphatic heterocycles. The zero-order chi connectivity index (χ0) is 15.2. The summed E-state index contributed by atoms with van der Waals surface area (Å²) in [4.78, 5) is 19.1. The number of pyridine rings is 1. The Morgan fingerprint density at radius 2 is 1.77 bits per heavy atom. The van der Waals surface area contributed by atoms with Crippen LogP contribution < -0.4 is 15.8 Å². The van der Waals surface area contributed by atoms with E-state index in [-0.39, 0.29) is 5.56 Å². The van der Waals surface area contributed by atoms with Gasteiger partial charge < -0.3 is 15.2 Å². The maximum atomic E-state index is 11.6. The fourth-order valence-corrected chi connectivity index (χ4v) is 2.78. The topological polar surface area (TPSA) is 51.4 Å². The van der Waals surface area contributed by atoms with Crippen molar-refractivity contribution in [1.82, 2.24) is 9.88 Å². The van der Waals surface area contributed by atoms with E-state index in [1.807, 2.05) is 12.1 Å². The fraction of sp³-hybridized carbons (Fsp3) is 0.353. The van der Waals surface area contributed by atoms with Crippen LogP contribution in [0, 0.1) is 0 Å². The Morgan fingerprint density at radius 3 is 2.50 bits per heavy atom. The molecule has 0 saturated carbocycles. The van der Waals surface area contributed by atoms with Gasteiger partial charge in [-0.3, -0.25) is 9.69 Å². The second kappa shape index (κ2) is 7.13. The van der Waals surface area contributed by atoms with Crippen LogP contribution in [0.2, 0.25) is 0 Å². The molecule has 22 heavy (non-hydrogen) atoms. The van der Waals surface area contributed by atoms with Crippen LogP contribution in [-0.4, -0.2) is 49.2 Å². The molecule has 5 heteroatoms. The summed E-state index contributed by atoms with van der Waals surface area (Å²) in [5, 5.41) is 3.20. The maximum Gasteiger partial charge on any atom is 0.271 e. The zero-order valence-electron chi connectivity index (χ0n) is 12.7. The first kappa shape index (κ1) is 14.7. The van der Waals surface area contributed by atoms with Crippen molar-refractivity contribution >= 4 is 11.4 Å². The third-order valence-corrected chi connectivity index (χ3v) is 4.06. The zero-order valence-corrected chi connectivity index (χ0v) is 12.7.